The molecule has 3 heteroatoms. The Hall–Kier alpha value is -0.570. The van der Waals surface area contributed by atoms with Crippen LogP contribution in [0.15, 0.2) is 0 Å². The number of nitrogens with zero attached hydrogens (tertiary/aromatic N) is 1. The summed E-state index contributed by atoms with van der Waals surface area (Å²) in [5.41, 5.74) is 0. The van der Waals surface area contributed by atoms with Gasteiger partial charge in [0.25, 0.3) is 0 Å². The number of hydrogen-bond acceptors (Lipinski definition) is 2. The van der Waals surface area contributed by atoms with Crippen LogP contribution < -0.4 is 0 Å². The lowest BCUT2D eigenvalue weighted by Gasteiger charge is -2.16. The Morgan fingerprint density at radius 1 is 1.55 bits per heavy atom. The third-order valence-electron chi connectivity index (χ3n) is 1.14. The molecule has 0 aliphatic carbocycles. The highest BCUT2D eigenvalue weighted by Crippen LogP contribution is 1.95. The summed E-state index contributed by atoms with van der Waals surface area (Å²) in [6, 6.07) is 0. The van der Waals surface area contributed by atoms with Gasteiger partial charge >= 0.3 is 0 Å². The minimum absolute atomic E-state index is 0.467. The average molecular weight is 159 g/mol. The molecule has 0 N–H and O–H groups in total. The van der Waals surface area contributed by atoms with Crippen LogP contribution in [0.4, 0.5) is 0 Å². The van der Waals surface area contributed by atoms with Crippen LogP contribution in [0.3, 0.4) is 0 Å². The van der Waals surface area contributed by atoms with Gasteiger partial charge < -0.3 is 0 Å². The molecule has 0 aliphatic rings. The Morgan fingerprint density at radius 2 is 2.18 bits per heavy atom. The lowest BCUT2D eigenvalue weighted by atomic mass is 10.2. The van der Waals surface area contributed by atoms with Crippen molar-refractivity contribution in [2.75, 3.05) is 13.2 Å². The fourth-order valence-electron chi connectivity index (χ4n) is 0.613. The molecule has 0 unspecified atom stereocenters. The first-order chi connectivity index (χ1) is 5.20. The van der Waals surface area contributed by atoms with Crippen LogP contribution >= 0.6 is 0 Å². The summed E-state index contributed by atoms with van der Waals surface area (Å²) in [6.45, 7) is 7.40. The maximum absolute atomic E-state index is 10.3. The van der Waals surface area contributed by atoms with Crippen molar-refractivity contribution in [2.24, 2.45) is 5.92 Å². The highest BCUT2D eigenvalue weighted by molar-refractivity contribution is 5.44. The molecule has 0 rings (SSSR count). The van der Waals surface area contributed by atoms with Gasteiger partial charge in [0.15, 0.2) is 0 Å². The molecular formula is C8H17NO2. The maximum Gasteiger partial charge on any atom is 0.233 e. The normalized spacial score (nSPS) is 10.2. The Labute approximate surface area is 68.3 Å². The summed E-state index contributed by atoms with van der Waals surface area (Å²) in [6.07, 6.45) is 1.66. The predicted molar refractivity (Wildman–Crippen MR) is 43.9 cm³/mol. The first-order valence-electron chi connectivity index (χ1n) is 4.05. The number of amides is 1. The van der Waals surface area contributed by atoms with Crippen molar-refractivity contribution in [3.8, 4) is 0 Å². The number of rotatable bonds is 6. The van der Waals surface area contributed by atoms with Crippen molar-refractivity contribution < 1.29 is 9.63 Å². The van der Waals surface area contributed by atoms with Gasteiger partial charge in [-0.25, -0.2) is 5.06 Å². The zero-order valence-electron chi connectivity index (χ0n) is 7.54. The summed E-state index contributed by atoms with van der Waals surface area (Å²) >= 11 is 0. The van der Waals surface area contributed by atoms with Crippen molar-refractivity contribution in [3.05, 3.63) is 0 Å². The van der Waals surface area contributed by atoms with E-state index in [0.29, 0.717) is 19.1 Å². The van der Waals surface area contributed by atoms with Gasteiger partial charge in [0, 0.05) is 6.54 Å². The fourth-order valence-corrected chi connectivity index (χ4v) is 0.613. The van der Waals surface area contributed by atoms with Crippen LogP contribution in [-0.2, 0) is 9.63 Å². The fraction of sp³-hybridized carbons (Fsp3) is 0.875. The third-order valence-corrected chi connectivity index (χ3v) is 1.14. The largest absolute Gasteiger partial charge is 0.276 e. The monoisotopic (exact) mass is 159 g/mol. The molecule has 0 radical (unpaired) electrons. The third kappa shape index (κ3) is 5.85. The van der Waals surface area contributed by atoms with E-state index >= 15 is 0 Å². The van der Waals surface area contributed by atoms with E-state index in [9.17, 15) is 4.79 Å². The Bertz CT molecular complexity index is 104. The standard InChI is InChI=1S/C8H17NO2/c1-4-5-9(7-10)11-6-8(2)3/h7-8H,4-6H2,1-3H3. The van der Waals surface area contributed by atoms with Crippen LogP contribution in [0.2, 0.25) is 0 Å². The van der Waals surface area contributed by atoms with E-state index in [1.54, 1.807) is 0 Å². The second-order valence-corrected chi connectivity index (χ2v) is 2.94. The van der Waals surface area contributed by atoms with Crippen LogP contribution in [0.1, 0.15) is 27.2 Å². The van der Waals surface area contributed by atoms with Gasteiger partial charge in [-0.2, -0.15) is 0 Å². The van der Waals surface area contributed by atoms with Gasteiger partial charge in [0.2, 0.25) is 6.41 Å². The SMILES string of the molecule is CCCN(C=O)OCC(C)C. The predicted octanol–water partition coefficient (Wildman–Crippen LogP) is 1.44. The summed E-state index contributed by atoms with van der Waals surface area (Å²) in [4.78, 5) is 15.5. The number of carbonyl (C=O) groups is 1. The number of carbonyl (C=O) groups excluding carboxylic acids is 1. The van der Waals surface area contributed by atoms with Crippen LogP contribution in [0.25, 0.3) is 0 Å². The highest BCUT2D eigenvalue weighted by atomic mass is 16.7. The quantitative estimate of drug-likeness (QED) is 0.433. The summed E-state index contributed by atoms with van der Waals surface area (Å²) in [5.74, 6) is 0.467. The zero-order valence-corrected chi connectivity index (χ0v) is 7.54. The van der Waals surface area contributed by atoms with E-state index in [4.69, 9.17) is 4.84 Å². The first-order valence-corrected chi connectivity index (χ1v) is 4.05. The van der Waals surface area contributed by atoms with Crippen molar-refractivity contribution in [2.45, 2.75) is 27.2 Å². The van der Waals surface area contributed by atoms with Gasteiger partial charge in [-0.05, 0) is 12.3 Å². The van der Waals surface area contributed by atoms with E-state index in [1.807, 2.05) is 6.92 Å². The second-order valence-electron chi connectivity index (χ2n) is 2.94. The molecule has 3 nitrogen and oxygen atoms in total. The Balaban J connectivity index is 3.43. The molecule has 0 aliphatic heterocycles. The molecule has 0 saturated heterocycles. The Morgan fingerprint density at radius 3 is 2.55 bits per heavy atom. The van der Waals surface area contributed by atoms with Crippen LogP contribution in [0.5, 0.6) is 0 Å². The van der Waals surface area contributed by atoms with Crippen LogP contribution in [-0.4, -0.2) is 24.6 Å². The maximum atomic E-state index is 10.3. The molecule has 0 aromatic rings. The molecule has 11 heavy (non-hydrogen) atoms. The van der Waals surface area contributed by atoms with E-state index in [1.165, 1.54) is 5.06 Å². The molecule has 1 amide bonds. The van der Waals surface area contributed by atoms with Gasteiger partial charge in [-0.3, -0.25) is 9.63 Å². The molecule has 0 atom stereocenters. The highest BCUT2D eigenvalue weighted by Gasteiger charge is 2.00. The lowest BCUT2D eigenvalue weighted by molar-refractivity contribution is -0.175. The molecule has 0 heterocycles. The topological polar surface area (TPSA) is 29.5 Å². The number of hydroxylamine groups is 2. The van der Waals surface area contributed by atoms with E-state index in [-0.39, 0.29) is 0 Å². The van der Waals surface area contributed by atoms with E-state index in [2.05, 4.69) is 13.8 Å². The summed E-state index contributed by atoms with van der Waals surface area (Å²) in [5, 5.41) is 1.35. The molecule has 0 aromatic heterocycles. The van der Waals surface area contributed by atoms with Crippen molar-refractivity contribution >= 4 is 6.41 Å². The first kappa shape index (κ1) is 10.4. The number of hydrogen-bond donors (Lipinski definition) is 0. The average Bonchev–Trinajstić information content (AvgIpc) is 1.97. The second kappa shape index (κ2) is 6.16. The smallest absolute Gasteiger partial charge is 0.233 e. The Kier molecular flexibility index (Phi) is 5.84. The van der Waals surface area contributed by atoms with Gasteiger partial charge in [0.05, 0.1) is 6.61 Å². The lowest BCUT2D eigenvalue weighted by Crippen LogP contribution is -2.25. The van der Waals surface area contributed by atoms with Gasteiger partial charge in [-0.1, -0.05) is 20.8 Å². The molecule has 0 spiro atoms. The van der Waals surface area contributed by atoms with Crippen molar-refractivity contribution in [1.82, 2.24) is 5.06 Å². The van der Waals surface area contributed by atoms with E-state index < -0.39 is 0 Å². The summed E-state index contributed by atoms with van der Waals surface area (Å²) < 4.78 is 0. The molecule has 66 valence electrons. The molecular weight excluding hydrogens is 142 g/mol. The van der Waals surface area contributed by atoms with Gasteiger partial charge in [0.1, 0.15) is 0 Å². The molecule has 0 aromatic carbocycles. The zero-order chi connectivity index (χ0) is 8.69. The van der Waals surface area contributed by atoms with Crippen molar-refractivity contribution in [3.63, 3.8) is 0 Å². The van der Waals surface area contributed by atoms with Crippen molar-refractivity contribution in [1.29, 1.82) is 0 Å². The minimum atomic E-state index is 0.467. The van der Waals surface area contributed by atoms with Gasteiger partial charge in [-0.15, -0.1) is 0 Å². The molecule has 0 bridgehead atoms. The van der Waals surface area contributed by atoms with Crippen LogP contribution in [0, 0.1) is 5.92 Å². The molecule has 0 saturated carbocycles. The summed E-state index contributed by atoms with van der Waals surface area (Å²) in [7, 11) is 0. The van der Waals surface area contributed by atoms with E-state index in [0.717, 1.165) is 12.8 Å². The minimum Gasteiger partial charge on any atom is -0.276 e. The molecule has 0 fully saturated rings.